The van der Waals surface area contributed by atoms with Crippen LogP contribution in [-0.2, 0) is 6.54 Å². The van der Waals surface area contributed by atoms with E-state index in [1.54, 1.807) is 47.8 Å². The molecule has 0 saturated heterocycles. The van der Waals surface area contributed by atoms with Crippen LogP contribution in [0, 0.1) is 0 Å². The zero-order chi connectivity index (χ0) is 17.2. The SMILES string of the molecule is CN(Cc1nc2ccccc2s1)C(=O)c1cc(-c2cccnc2)on1. The highest BCUT2D eigenvalue weighted by Gasteiger charge is 2.19. The summed E-state index contributed by atoms with van der Waals surface area (Å²) in [7, 11) is 1.73. The highest BCUT2D eigenvalue weighted by Crippen LogP contribution is 2.23. The Kier molecular flexibility index (Phi) is 3.99. The smallest absolute Gasteiger partial charge is 0.276 e. The van der Waals surface area contributed by atoms with Crippen LogP contribution in [0.4, 0.5) is 0 Å². The first kappa shape index (κ1) is 15.5. The van der Waals surface area contributed by atoms with E-state index in [1.165, 1.54) is 0 Å². The maximum atomic E-state index is 12.6. The molecule has 0 N–H and O–H groups in total. The molecule has 1 amide bonds. The van der Waals surface area contributed by atoms with Crippen LogP contribution in [0.25, 0.3) is 21.5 Å². The molecule has 0 aliphatic carbocycles. The van der Waals surface area contributed by atoms with E-state index in [9.17, 15) is 4.79 Å². The zero-order valence-electron chi connectivity index (χ0n) is 13.4. The van der Waals surface area contributed by atoms with E-state index in [4.69, 9.17) is 4.52 Å². The van der Waals surface area contributed by atoms with Gasteiger partial charge in [-0.15, -0.1) is 11.3 Å². The van der Waals surface area contributed by atoms with Gasteiger partial charge in [0.1, 0.15) is 5.01 Å². The molecule has 7 heteroatoms. The lowest BCUT2D eigenvalue weighted by Gasteiger charge is -2.13. The molecule has 0 saturated carbocycles. The van der Waals surface area contributed by atoms with E-state index in [0.29, 0.717) is 12.3 Å². The molecule has 0 aliphatic rings. The first-order valence-electron chi connectivity index (χ1n) is 7.68. The summed E-state index contributed by atoms with van der Waals surface area (Å²) in [6, 6.07) is 13.2. The highest BCUT2D eigenvalue weighted by molar-refractivity contribution is 7.18. The van der Waals surface area contributed by atoms with E-state index in [0.717, 1.165) is 20.8 Å². The molecule has 3 aromatic heterocycles. The minimum Gasteiger partial charge on any atom is -0.355 e. The second kappa shape index (κ2) is 6.45. The molecule has 0 spiro atoms. The van der Waals surface area contributed by atoms with Crippen molar-refractivity contribution in [3.8, 4) is 11.3 Å². The molecule has 0 aliphatic heterocycles. The number of para-hydroxylation sites is 1. The summed E-state index contributed by atoms with van der Waals surface area (Å²) in [4.78, 5) is 22.8. The van der Waals surface area contributed by atoms with Crippen LogP contribution in [0.2, 0.25) is 0 Å². The number of fused-ring (bicyclic) bond motifs is 1. The molecule has 0 bridgehead atoms. The molecule has 6 nitrogen and oxygen atoms in total. The Hall–Kier alpha value is -3.06. The Morgan fingerprint density at radius 2 is 2.12 bits per heavy atom. The van der Waals surface area contributed by atoms with Gasteiger partial charge in [0, 0.05) is 31.1 Å². The molecular weight excluding hydrogens is 336 g/mol. The number of nitrogens with zero attached hydrogens (tertiary/aromatic N) is 4. The number of hydrogen-bond donors (Lipinski definition) is 0. The summed E-state index contributed by atoms with van der Waals surface area (Å²) < 4.78 is 6.38. The monoisotopic (exact) mass is 350 g/mol. The average molecular weight is 350 g/mol. The number of aromatic nitrogens is 3. The number of thiazole rings is 1. The fraction of sp³-hybridized carbons (Fsp3) is 0.111. The molecule has 1 aromatic carbocycles. The number of pyridine rings is 1. The first-order valence-corrected chi connectivity index (χ1v) is 8.49. The topological polar surface area (TPSA) is 72.1 Å². The molecule has 0 atom stereocenters. The lowest BCUT2D eigenvalue weighted by atomic mass is 10.2. The predicted octanol–water partition coefficient (Wildman–Crippen LogP) is 3.62. The van der Waals surface area contributed by atoms with Crippen molar-refractivity contribution < 1.29 is 9.32 Å². The van der Waals surface area contributed by atoms with Gasteiger partial charge >= 0.3 is 0 Å². The summed E-state index contributed by atoms with van der Waals surface area (Å²) >= 11 is 1.58. The minimum absolute atomic E-state index is 0.210. The molecule has 25 heavy (non-hydrogen) atoms. The predicted molar refractivity (Wildman–Crippen MR) is 95.2 cm³/mol. The summed E-state index contributed by atoms with van der Waals surface area (Å²) in [5.41, 5.74) is 1.99. The van der Waals surface area contributed by atoms with Gasteiger partial charge in [-0.25, -0.2) is 4.98 Å². The van der Waals surface area contributed by atoms with Gasteiger partial charge in [-0.2, -0.15) is 0 Å². The van der Waals surface area contributed by atoms with Gasteiger partial charge in [0.15, 0.2) is 11.5 Å². The molecule has 0 radical (unpaired) electrons. The van der Waals surface area contributed by atoms with Crippen LogP contribution in [-0.4, -0.2) is 33.0 Å². The molecule has 0 fully saturated rings. The number of amides is 1. The maximum Gasteiger partial charge on any atom is 0.276 e. The molecule has 124 valence electrons. The van der Waals surface area contributed by atoms with Crippen LogP contribution in [0.1, 0.15) is 15.5 Å². The van der Waals surface area contributed by atoms with Gasteiger partial charge in [0.25, 0.3) is 5.91 Å². The number of benzene rings is 1. The van der Waals surface area contributed by atoms with Gasteiger partial charge in [-0.1, -0.05) is 17.3 Å². The average Bonchev–Trinajstić information content (AvgIpc) is 3.28. The van der Waals surface area contributed by atoms with Crippen molar-refractivity contribution in [3.63, 3.8) is 0 Å². The van der Waals surface area contributed by atoms with Crippen molar-refractivity contribution >= 4 is 27.5 Å². The Bertz CT molecular complexity index is 993. The van der Waals surface area contributed by atoms with Gasteiger partial charge in [-0.05, 0) is 24.3 Å². The fourth-order valence-electron chi connectivity index (χ4n) is 2.48. The zero-order valence-corrected chi connectivity index (χ0v) is 14.2. The van der Waals surface area contributed by atoms with Crippen LogP contribution in [0.15, 0.2) is 59.4 Å². The van der Waals surface area contributed by atoms with E-state index >= 15 is 0 Å². The van der Waals surface area contributed by atoms with Crippen LogP contribution >= 0.6 is 11.3 Å². The van der Waals surface area contributed by atoms with Gasteiger partial charge in [0.05, 0.1) is 16.8 Å². The highest BCUT2D eigenvalue weighted by atomic mass is 32.1. The third-order valence-corrected chi connectivity index (χ3v) is 4.75. The van der Waals surface area contributed by atoms with E-state index in [2.05, 4.69) is 15.1 Å². The largest absolute Gasteiger partial charge is 0.355 e. The van der Waals surface area contributed by atoms with Gasteiger partial charge < -0.3 is 9.42 Å². The number of carbonyl (C=O) groups is 1. The van der Waals surface area contributed by atoms with E-state index < -0.39 is 0 Å². The summed E-state index contributed by atoms with van der Waals surface area (Å²) in [5.74, 6) is 0.308. The Labute approximate surface area is 147 Å². The molecule has 4 aromatic rings. The maximum absolute atomic E-state index is 12.6. The molecule has 4 rings (SSSR count). The normalized spacial score (nSPS) is 10.9. The van der Waals surface area contributed by atoms with Crippen molar-refractivity contribution in [2.24, 2.45) is 0 Å². The van der Waals surface area contributed by atoms with E-state index in [-0.39, 0.29) is 11.6 Å². The standard InChI is InChI=1S/C18H14N4O2S/c1-22(11-17-20-13-6-2-3-7-16(13)25-17)18(23)14-9-15(24-21-14)12-5-4-8-19-10-12/h2-10H,11H2,1H3. The van der Waals surface area contributed by atoms with Gasteiger partial charge in [-0.3, -0.25) is 9.78 Å². The Morgan fingerprint density at radius 3 is 2.92 bits per heavy atom. The Balaban J connectivity index is 1.51. The van der Waals surface area contributed by atoms with Crippen LogP contribution in [0.5, 0.6) is 0 Å². The van der Waals surface area contributed by atoms with Crippen molar-refractivity contribution in [1.29, 1.82) is 0 Å². The summed E-state index contributed by atoms with van der Waals surface area (Å²) in [6.07, 6.45) is 3.34. The third-order valence-electron chi connectivity index (χ3n) is 3.73. The number of carbonyl (C=O) groups excluding carboxylic acids is 1. The fourth-order valence-corrected chi connectivity index (χ4v) is 3.50. The molecule has 0 unspecified atom stereocenters. The van der Waals surface area contributed by atoms with Crippen molar-refractivity contribution in [3.05, 3.63) is 65.6 Å². The summed E-state index contributed by atoms with van der Waals surface area (Å²) in [5, 5.41) is 4.77. The number of rotatable bonds is 4. The van der Waals surface area contributed by atoms with Crippen molar-refractivity contribution in [2.75, 3.05) is 7.05 Å². The third kappa shape index (κ3) is 3.14. The van der Waals surface area contributed by atoms with Crippen LogP contribution in [0.3, 0.4) is 0 Å². The quantitative estimate of drug-likeness (QED) is 0.562. The minimum atomic E-state index is -0.210. The summed E-state index contributed by atoms with van der Waals surface area (Å²) in [6.45, 7) is 0.424. The first-order chi connectivity index (χ1) is 12.2. The number of hydrogen-bond acceptors (Lipinski definition) is 6. The second-order valence-corrected chi connectivity index (χ2v) is 6.67. The lowest BCUT2D eigenvalue weighted by molar-refractivity contribution is 0.0775. The molecule has 3 heterocycles. The van der Waals surface area contributed by atoms with Gasteiger partial charge in [0.2, 0.25) is 0 Å². The lowest BCUT2D eigenvalue weighted by Crippen LogP contribution is -2.26. The second-order valence-electron chi connectivity index (χ2n) is 5.55. The molecular formula is C18H14N4O2S. The van der Waals surface area contributed by atoms with Crippen molar-refractivity contribution in [2.45, 2.75) is 6.54 Å². The Morgan fingerprint density at radius 1 is 1.24 bits per heavy atom. The van der Waals surface area contributed by atoms with Crippen molar-refractivity contribution in [1.82, 2.24) is 20.0 Å². The van der Waals surface area contributed by atoms with Crippen LogP contribution < -0.4 is 0 Å². The van der Waals surface area contributed by atoms with E-state index in [1.807, 2.05) is 30.3 Å².